The first-order valence-corrected chi connectivity index (χ1v) is 4.98. The van der Waals surface area contributed by atoms with Crippen LogP contribution in [-0.4, -0.2) is 66.2 Å². The van der Waals surface area contributed by atoms with Gasteiger partial charge >= 0.3 is 6.03 Å². The summed E-state index contributed by atoms with van der Waals surface area (Å²) < 4.78 is 5.11. The van der Waals surface area contributed by atoms with Crippen LogP contribution in [-0.2, 0) is 4.74 Å². The minimum atomic E-state index is -0.963. The molecule has 3 N–H and O–H groups in total. The van der Waals surface area contributed by atoms with Gasteiger partial charge in [-0.2, -0.15) is 0 Å². The summed E-state index contributed by atoms with van der Waals surface area (Å²) in [5.41, 5.74) is -0.963. The number of urea groups is 1. The second-order valence-corrected chi connectivity index (χ2v) is 3.91. The van der Waals surface area contributed by atoms with Gasteiger partial charge in [0.25, 0.3) is 0 Å². The molecule has 1 aliphatic heterocycles. The van der Waals surface area contributed by atoms with Gasteiger partial charge in [-0.1, -0.05) is 0 Å². The van der Waals surface area contributed by atoms with E-state index in [0.29, 0.717) is 26.3 Å². The Hall–Kier alpha value is -0.850. The van der Waals surface area contributed by atoms with Crippen LogP contribution in [0.3, 0.4) is 0 Å². The SMILES string of the molecule is CC(CO)(CO)NC(=O)N1CCOCC1. The van der Waals surface area contributed by atoms with Crippen LogP contribution in [0.15, 0.2) is 0 Å². The molecular weight excluding hydrogens is 200 g/mol. The van der Waals surface area contributed by atoms with Crippen LogP contribution >= 0.6 is 0 Å². The molecule has 0 radical (unpaired) electrons. The Bertz CT molecular complexity index is 212. The van der Waals surface area contributed by atoms with Gasteiger partial charge in [0.05, 0.1) is 32.0 Å². The molecule has 88 valence electrons. The number of nitrogens with zero attached hydrogens (tertiary/aromatic N) is 1. The summed E-state index contributed by atoms with van der Waals surface area (Å²) in [4.78, 5) is 13.3. The predicted molar refractivity (Wildman–Crippen MR) is 53.5 cm³/mol. The fourth-order valence-electron chi connectivity index (χ4n) is 1.23. The first-order valence-electron chi connectivity index (χ1n) is 4.98. The number of morpholine rings is 1. The number of ether oxygens (including phenoxy) is 1. The Balaban J connectivity index is 2.46. The molecule has 0 spiro atoms. The number of hydrogen-bond acceptors (Lipinski definition) is 4. The van der Waals surface area contributed by atoms with E-state index in [4.69, 9.17) is 14.9 Å². The van der Waals surface area contributed by atoms with Gasteiger partial charge in [-0.3, -0.25) is 0 Å². The molecule has 1 rings (SSSR count). The van der Waals surface area contributed by atoms with Gasteiger partial charge in [0, 0.05) is 13.1 Å². The smallest absolute Gasteiger partial charge is 0.318 e. The zero-order chi connectivity index (χ0) is 11.3. The molecule has 0 aliphatic carbocycles. The summed E-state index contributed by atoms with van der Waals surface area (Å²) in [6.07, 6.45) is 0. The third kappa shape index (κ3) is 3.33. The number of carbonyl (C=O) groups excluding carboxylic acids is 1. The molecule has 1 fully saturated rings. The molecule has 1 heterocycles. The van der Waals surface area contributed by atoms with Gasteiger partial charge in [0.15, 0.2) is 0 Å². The van der Waals surface area contributed by atoms with Crippen LogP contribution in [0.5, 0.6) is 0 Å². The second-order valence-electron chi connectivity index (χ2n) is 3.91. The summed E-state index contributed by atoms with van der Waals surface area (Å²) in [6, 6.07) is -0.274. The lowest BCUT2D eigenvalue weighted by atomic mass is 10.1. The van der Waals surface area contributed by atoms with E-state index in [-0.39, 0.29) is 19.2 Å². The number of amides is 2. The van der Waals surface area contributed by atoms with E-state index in [1.54, 1.807) is 11.8 Å². The molecule has 6 heteroatoms. The number of hydrogen-bond donors (Lipinski definition) is 3. The fraction of sp³-hybridized carbons (Fsp3) is 0.889. The monoisotopic (exact) mass is 218 g/mol. The third-order valence-corrected chi connectivity index (χ3v) is 2.40. The summed E-state index contributed by atoms with van der Waals surface area (Å²) in [5.74, 6) is 0. The van der Waals surface area contributed by atoms with Gasteiger partial charge in [-0.05, 0) is 6.92 Å². The molecule has 2 amide bonds. The topological polar surface area (TPSA) is 82.0 Å². The first kappa shape index (κ1) is 12.2. The lowest BCUT2D eigenvalue weighted by Crippen LogP contribution is -2.57. The molecule has 0 bridgehead atoms. The zero-order valence-electron chi connectivity index (χ0n) is 8.90. The largest absolute Gasteiger partial charge is 0.394 e. The Kier molecular flexibility index (Phi) is 4.31. The molecule has 1 saturated heterocycles. The standard InChI is InChI=1S/C9H18N2O4/c1-9(6-12,7-13)10-8(14)11-2-4-15-5-3-11/h12-13H,2-7H2,1H3,(H,10,14). The Morgan fingerprint density at radius 2 is 1.93 bits per heavy atom. The van der Waals surface area contributed by atoms with Crippen LogP contribution in [0, 0.1) is 0 Å². The molecule has 0 unspecified atom stereocenters. The molecule has 0 aromatic heterocycles. The van der Waals surface area contributed by atoms with Crippen molar-refractivity contribution in [1.82, 2.24) is 10.2 Å². The highest BCUT2D eigenvalue weighted by molar-refractivity contribution is 5.75. The van der Waals surface area contributed by atoms with Gasteiger partial charge in [-0.25, -0.2) is 4.79 Å². The molecule has 1 aliphatic rings. The third-order valence-electron chi connectivity index (χ3n) is 2.40. The summed E-state index contributed by atoms with van der Waals surface area (Å²) in [6.45, 7) is 3.15. The Labute approximate surface area is 88.8 Å². The molecular formula is C9H18N2O4. The average molecular weight is 218 g/mol. The lowest BCUT2D eigenvalue weighted by Gasteiger charge is -2.32. The fourth-order valence-corrected chi connectivity index (χ4v) is 1.23. The van der Waals surface area contributed by atoms with Crippen molar-refractivity contribution in [2.45, 2.75) is 12.5 Å². The highest BCUT2D eigenvalue weighted by Crippen LogP contribution is 2.04. The normalized spacial score (nSPS) is 17.7. The molecule has 15 heavy (non-hydrogen) atoms. The van der Waals surface area contributed by atoms with Crippen molar-refractivity contribution in [3.05, 3.63) is 0 Å². The van der Waals surface area contributed by atoms with Crippen molar-refractivity contribution < 1.29 is 19.7 Å². The number of aliphatic hydroxyl groups is 2. The van der Waals surface area contributed by atoms with Gasteiger partial charge in [-0.15, -0.1) is 0 Å². The van der Waals surface area contributed by atoms with Crippen molar-refractivity contribution in [3.8, 4) is 0 Å². The van der Waals surface area contributed by atoms with E-state index in [1.807, 2.05) is 0 Å². The Morgan fingerprint density at radius 3 is 2.40 bits per heavy atom. The number of aliphatic hydroxyl groups excluding tert-OH is 2. The highest BCUT2D eigenvalue weighted by Gasteiger charge is 2.27. The maximum absolute atomic E-state index is 11.7. The number of carbonyl (C=O) groups is 1. The van der Waals surface area contributed by atoms with E-state index in [1.165, 1.54) is 0 Å². The quantitative estimate of drug-likeness (QED) is 0.554. The highest BCUT2D eigenvalue weighted by atomic mass is 16.5. The van der Waals surface area contributed by atoms with E-state index >= 15 is 0 Å². The first-order chi connectivity index (χ1) is 7.11. The van der Waals surface area contributed by atoms with E-state index < -0.39 is 5.54 Å². The van der Waals surface area contributed by atoms with Crippen molar-refractivity contribution in [2.75, 3.05) is 39.5 Å². The van der Waals surface area contributed by atoms with Crippen LogP contribution in [0.25, 0.3) is 0 Å². The van der Waals surface area contributed by atoms with Crippen molar-refractivity contribution in [2.24, 2.45) is 0 Å². The van der Waals surface area contributed by atoms with Gasteiger partial charge < -0.3 is 25.2 Å². The molecule has 0 atom stereocenters. The van der Waals surface area contributed by atoms with Crippen LogP contribution < -0.4 is 5.32 Å². The predicted octanol–water partition coefficient (Wildman–Crippen LogP) is -1.23. The van der Waals surface area contributed by atoms with Crippen LogP contribution in [0.1, 0.15) is 6.92 Å². The molecule has 0 aromatic carbocycles. The van der Waals surface area contributed by atoms with Gasteiger partial charge in [0.1, 0.15) is 0 Å². The summed E-state index contributed by atoms with van der Waals surface area (Å²) in [7, 11) is 0. The van der Waals surface area contributed by atoms with E-state index in [9.17, 15) is 4.79 Å². The minimum absolute atomic E-state index is 0.274. The Morgan fingerprint density at radius 1 is 1.40 bits per heavy atom. The lowest BCUT2D eigenvalue weighted by molar-refractivity contribution is 0.0456. The zero-order valence-corrected chi connectivity index (χ0v) is 8.90. The summed E-state index contributed by atoms with van der Waals surface area (Å²) in [5, 5.41) is 20.6. The van der Waals surface area contributed by atoms with Crippen LogP contribution in [0.2, 0.25) is 0 Å². The van der Waals surface area contributed by atoms with Crippen LogP contribution in [0.4, 0.5) is 4.79 Å². The maximum atomic E-state index is 11.7. The maximum Gasteiger partial charge on any atom is 0.318 e. The van der Waals surface area contributed by atoms with Crippen molar-refractivity contribution in [3.63, 3.8) is 0 Å². The number of nitrogens with one attached hydrogen (secondary N) is 1. The number of rotatable bonds is 3. The van der Waals surface area contributed by atoms with Crippen molar-refractivity contribution >= 4 is 6.03 Å². The molecule has 6 nitrogen and oxygen atoms in total. The molecule has 0 saturated carbocycles. The van der Waals surface area contributed by atoms with Crippen molar-refractivity contribution in [1.29, 1.82) is 0 Å². The van der Waals surface area contributed by atoms with E-state index in [0.717, 1.165) is 0 Å². The molecule has 0 aromatic rings. The average Bonchev–Trinajstić information content (AvgIpc) is 2.30. The minimum Gasteiger partial charge on any atom is -0.394 e. The van der Waals surface area contributed by atoms with Gasteiger partial charge in [0.2, 0.25) is 0 Å². The summed E-state index contributed by atoms with van der Waals surface area (Å²) >= 11 is 0. The van der Waals surface area contributed by atoms with E-state index in [2.05, 4.69) is 5.32 Å². The second kappa shape index (κ2) is 5.29.